The smallest absolute Gasteiger partial charge is 0.0798 e. The van der Waals surface area contributed by atoms with E-state index in [1.165, 1.54) is 63.7 Å². The monoisotopic (exact) mass is 317 g/mol. The van der Waals surface area contributed by atoms with Crippen LogP contribution in [0.1, 0.15) is 50.1 Å². The maximum Gasteiger partial charge on any atom is 0.0798 e. The summed E-state index contributed by atoms with van der Waals surface area (Å²) in [6.07, 6.45) is 12.7. The number of rotatable bonds is 4. The van der Waals surface area contributed by atoms with Crippen LogP contribution >= 0.6 is 0 Å². The molecule has 4 heteroatoms. The second kappa shape index (κ2) is 6.56. The highest BCUT2D eigenvalue weighted by molar-refractivity contribution is 5.03. The fraction of sp³-hybridized carbons (Fsp3) is 0.842. The summed E-state index contributed by atoms with van der Waals surface area (Å²) in [4.78, 5) is 2.76. The Balaban J connectivity index is 1.42. The Morgan fingerprint density at radius 1 is 1.17 bits per heavy atom. The van der Waals surface area contributed by atoms with Gasteiger partial charge in [0.25, 0.3) is 0 Å². The molecule has 1 aromatic rings. The minimum Gasteiger partial charge on any atom is -0.379 e. The minimum atomic E-state index is 0.321. The van der Waals surface area contributed by atoms with Crippen molar-refractivity contribution in [2.75, 3.05) is 26.7 Å². The molecule has 128 valence electrons. The van der Waals surface area contributed by atoms with Crippen LogP contribution in [0.5, 0.6) is 0 Å². The summed E-state index contributed by atoms with van der Waals surface area (Å²) in [6, 6.07) is 0.418. The lowest BCUT2D eigenvalue weighted by molar-refractivity contribution is -0.00488. The summed E-state index contributed by atoms with van der Waals surface area (Å²) < 4.78 is 8.03. The van der Waals surface area contributed by atoms with Crippen molar-refractivity contribution in [3.63, 3.8) is 0 Å². The van der Waals surface area contributed by atoms with E-state index < -0.39 is 0 Å². The van der Waals surface area contributed by atoms with Gasteiger partial charge in [0, 0.05) is 32.9 Å². The van der Waals surface area contributed by atoms with E-state index in [9.17, 15) is 0 Å². The second-order valence-electron chi connectivity index (χ2n) is 8.20. The molecule has 0 spiro atoms. The predicted molar refractivity (Wildman–Crippen MR) is 91.4 cm³/mol. The van der Waals surface area contributed by atoms with Gasteiger partial charge in [-0.15, -0.1) is 0 Å². The number of hydrogen-bond donors (Lipinski definition) is 0. The molecule has 4 nitrogen and oxygen atoms in total. The van der Waals surface area contributed by atoms with Crippen LogP contribution < -0.4 is 0 Å². The summed E-state index contributed by atoms with van der Waals surface area (Å²) in [7, 11) is 1.87. The predicted octanol–water partition coefficient (Wildman–Crippen LogP) is 3.28. The average Bonchev–Trinajstić information content (AvgIpc) is 3.26. The average molecular weight is 317 g/mol. The van der Waals surface area contributed by atoms with Crippen LogP contribution in [0.2, 0.25) is 0 Å². The van der Waals surface area contributed by atoms with Crippen molar-refractivity contribution in [2.45, 2.75) is 57.6 Å². The fourth-order valence-electron chi connectivity index (χ4n) is 5.34. The third-order valence-corrected chi connectivity index (χ3v) is 6.52. The number of ether oxygens (including phenoxy) is 1. The molecule has 1 aliphatic heterocycles. The molecule has 23 heavy (non-hydrogen) atoms. The first-order valence-electron chi connectivity index (χ1n) is 9.49. The summed E-state index contributed by atoms with van der Waals surface area (Å²) in [6.45, 7) is 6.06. The van der Waals surface area contributed by atoms with Gasteiger partial charge in [-0.1, -0.05) is 12.8 Å². The van der Waals surface area contributed by atoms with Gasteiger partial charge in [0.2, 0.25) is 0 Å². The van der Waals surface area contributed by atoms with Crippen molar-refractivity contribution in [1.29, 1.82) is 0 Å². The topological polar surface area (TPSA) is 30.3 Å². The van der Waals surface area contributed by atoms with E-state index in [2.05, 4.69) is 27.8 Å². The zero-order chi connectivity index (χ0) is 15.8. The number of nitrogens with zero attached hydrogens (tertiary/aromatic N) is 3. The molecule has 1 saturated heterocycles. The Kier molecular flexibility index (Phi) is 4.46. The van der Waals surface area contributed by atoms with Crippen LogP contribution in [0.3, 0.4) is 0 Å². The molecule has 0 aromatic carbocycles. The second-order valence-corrected chi connectivity index (χ2v) is 8.20. The maximum atomic E-state index is 5.86. The number of fused-ring (bicyclic) bond motifs is 1. The molecule has 0 unspecified atom stereocenters. The Morgan fingerprint density at radius 2 is 1.91 bits per heavy atom. The highest BCUT2D eigenvalue weighted by atomic mass is 16.5. The standard InChI is InChI=1S/C19H31N3O/c1-14-9-20-22(10-14)18-7-16-12-21(11-15-5-3-4-6-15)13-17(16)8-19(18)23-2/h9-10,15-19H,3-8,11-13H2,1-2H3/t16-,17+,18-,19-/m0/s1. The van der Waals surface area contributed by atoms with Crippen molar-refractivity contribution in [2.24, 2.45) is 17.8 Å². The largest absolute Gasteiger partial charge is 0.379 e. The van der Waals surface area contributed by atoms with Gasteiger partial charge in [0.05, 0.1) is 18.3 Å². The van der Waals surface area contributed by atoms with Crippen molar-refractivity contribution < 1.29 is 4.74 Å². The van der Waals surface area contributed by atoms with Crippen molar-refractivity contribution in [3.05, 3.63) is 18.0 Å². The molecule has 0 radical (unpaired) electrons. The van der Waals surface area contributed by atoms with Crippen LogP contribution in [0.15, 0.2) is 12.4 Å². The molecule has 1 aromatic heterocycles. The van der Waals surface area contributed by atoms with Gasteiger partial charge in [-0.3, -0.25) is 4.68 Å². The lowest BCUT2D eigenvalue weighted by Crippen LogP contribution is -2.37. The number of aromatic nitrogens is 2. The SMILES string of the molecule is CO[C@H]1C[C@@H]2CN(CC3CCCC3)C[C@@H]2C[C@@H]1n1cc(C)cn1. The van der Waals surface area contributed by atoms with E-state index >= 15 is 0 Å². The summed E-state index contributed by atoms with van der Waals surface area (Å²) in [5.74, 6) is 2.63. The Bertz CT molecular complexity index is 522. The molecule has 0 N–H and O–H groups in total. The van der Waals surface area contributed by atoms with Gasteiger partial charge < -0.3 is 9.64 Å². The van der Waals surface area contributed by atoms with E-state index in [1.807, 2.05) is 13.3 Å². The maximum absolute atomic E-state index is 5.86. The Morgan fingerprint density at radius 3 is 2.57 bits per heavy atom. The first-order chi connectivity index (χ1) is 11.2. The molecule has 3 aliphatic rings. The van der Waals surface area contributed by atoms with E-state index in [0.717, 1.165) is 17.8 Å². The highest BCUT2D eigenvalue weighted by Crippen LogP contribution is 2.42. The molecule has 3 fully saturated rings. The van der Waals surface area contributed by atoms with Gasteiger partial charge in [-0.25, -0.2) is 0 Å². The first kappa shape index (κ1) is 15.6. The van der Waals surface area contributed by atoms with Gasteiger partial charge >= 0.3 is 0 Å². The van der Waals surface area contributed by atoms with Crippen LogP contribution in [0.25, 0.3) is 0 Å². The van der Waals surface area contributed by atoms with Gasteiger partial charge in [-0.05, 0) is 55.9 Å². The van der Waals surface area contributed by atoms with Crippen LogP contribution in [-0.2, 0) is 4.74 Å². The number of likely N-dealkylation sites (tertiary alicyclic amines) is 1. The van der Waals surface area contributed by atoms with Crippen LogP contribution in [0, 0.1) is 24.7 Å². The third-order valence-electron chi connectivity index (χ3n) is 6.52. The summed E-state index contributed by atoms with van der Waals surface area (Å²) in [5.41, 5.74) is 1.25. The lowest BCUT2D eigenvalue weighted by Gasteiger charge is -2.37. The first-order valence-corrected chi connectivity index (χ1v) is 9.49. The molecular formula is C19H31N3O. The lowest BCUT2D eigenvalue weighted by atomic mass is 9.77. The van der Waals surface area contributed by atoms with Crippen molar-refractivity contribution >= 4 is 0 Å². The number of aryl methyl sites for hydroxylation is 1. The minimum absolute atomic E-state index is 0.321. The van der Waals surface area contributed by atoms with Crippen molar-refractivity contribution in [1.82, 2.24) is 14.7 Å². The molecule has 4 rings (SSSR count). The van der Waals surface area contributed by atoms with Gasteiger partial charge in [-0.2, -0.15) is 5.10 Å². The van der Waals surface area contributed by atoms with Gasteiger partial charge in [0.15, 0.2) is 0 Å². The quantitative estimate of drug-likeness (QED) is 0.854. The number of hydrogen-bond acceptors (Lipinski definition) is 3. The zero-order valence-corrected chi connectivity index (χ0v) is 14.7. The molecular weight excluding hydrogens is 286 g/mol. The van der Waals surface area contributed by atoms with Crippen molar-refractivity contribution in [3.8, 4) is 0 Å². The van der Waals surface area contributed by atoms with E-state index in [-0.39, 0.29) is 0 Å². The third kappa shape index (κ3) is 3.20. The van der Waals surface area contributed by atoms with E-state index in [0.29, 0.717) is 12.1 Å². The van der Waals surface area contributed by atoms with Gasteiger partial charge in [0.1, 0.15) is 0 Å². The highest BCUT2D eigenvalue weighted by Gasteiger charge is 2.43. The molecule has 2 saturated carbocycles. The summed E-state index contributed by atoms with van der Waals surface area (Å²) >= 11 is 0. The molecule has 2 heterocycles. The normalized spacial score (nSPS) is 35.7. The summed E-state index contributed by atoms with van der Waals surface area (Å²) in [5, 5.41) is 4.58. The Hall–Kier alpha value is -0.870. The molecule has 2 aliphatic carbocycles. The number of methoxy groups -OCH3 is 1. The fourth-order valence-corrected chi connectivity index (χ4v) is 5.34. The van der Waals surface area contributed by atoms with E-state index in [1.54, 1.807) is 0 Å². The van der Waals surface area contributed by atoms with Crippen LogP contribution in [-0.4, -0.2) is 47.5 Å². The Labute approximate surface area is 140 Å². The molecule has 4 atom stereocenters. The van der Waals surface area contributed by atoms with E-state index in [4.69, 9.17) is 4.74 Å². The molecule has 0 bridgehead atoms. The van der Waals surface area contributed by atoms with Crippen LogP contribution in [0.4, 0.5) is 0 Å². The zero-order valence-electron chi connectivity index (χ0n) is 14.7. The molecule has 0 amide bonds.